The normalized spacial score (nSPS) is 18.5. The van der Waals surface area contributed by atoms with E-state index in [2.05, 4.69) is 40.5 Å². The molecule has 1 aliphatic rings. The summed E-state index contributed by atoms with van der Waals surface area (Å²) in [7, 11) is 0. The summed E-state index contributed by atoms with van der Waals surface area (Å²) in [5, 5.41) is 3.15. The number of nitrogens with two attached hydrogens (primary N) is 1. The monoisotopic (exact) mass is 331 g/mol. The summed E-state index contributed by atoms with van der Waals surface area (Å²) < 4.78 is 0. The van der Waals surface area contributed by atoms with E-state index in [4.69, 9.17) is 5.73 Å². The second kappa shape index (κ2) is 11.2. The smallest absolute Gasteiger partial charge is 0.220 e. The van der Waals surface area contributed by atoms with Crippen LogP contribution in [0.2, 0.25) is 0 Å². The van der Waals surface area contributed by atoms with Gasteiger partial charge in [-0.2, -0.15) is 0 Å². The van der Waals surface area contributed by atoms with Crippen molar-refractivity contribution < 1.29 is 4.79 Å². The summed E-state index contributed by atoms with van der Waals surface area (Å²) in [5.41, 5.74) is 6.84. The molecule has 1 fully saturated rings. The molecule has 0 bridgehead atoms. The lowest BCUT2D eigenvalue weighted by Gasteiger charge is -2.36. The molecule has 1 amide bonds. The third-order valence-corrected chi connectivity index (χ3v) is 4.87. The summed E-state index contributed by atoms with van der Waals surface area (Å²) in [4.78, 5) is 14.6. The molecule has 134 valence electrons. The summed E-state index contributed by atoms with van der Waals surface area (Å²) in [6.07, 6.45) is 8.65. The van der Waals surface area contributed by atoms with Crippen molar-refractivity contribution in [3.8, 4) is 0 Å². The molecule has 0 spiro atoms. The predicted octanol–water partition coefficient (Wildman–Crippen LogP) is 3.07. The van der Waals surface area contributed by atoms with E-state index in [-0.39, 0.29) is 5.91 Å². The van der Waals surface area contributed by atoms with Gasteiger partial charge in [-0.05, 0) is 44.3 Å². The van der Waals surface area contributed by atoms with Crippen LogP contribution >= 0.6 is 0 Å². The standard InChI is InChI=1S/C20H33N3O/c21-14-8-2-1-6-13-20(24)22-16-19-12-7-9-15-23(19)17-18-10-4-3-5-11-18/h3-5,10-11,19H,1-2,6-9,12-17,21H2,(H,22,24). The van der Waals surface area contributed by atoms with Gasteiger partial charge in [0.15, 0.2) is 0 Å². The maximum absolute atomic E-state index is 12.0. The Labute approximate surface area is 146 Å². The molecule has 4 nitrogen and oxygen atoms in total. The molecule has 1 atom stereocenters. The molecule has 1 saturated heterocycles. The Balaban J connectivity index is 1.70. The Kier molecular flexibility index (Phi) is 8.85. The zero-order chi connectivity index (χ0) is 17.0. The number of benzene rings is 1. The van der Waals surface area contributed by atoms with Crippen LogP contribution in [0.25, 0.3) is 0 Å². The van der Waals surface area contributed by atoms with Crippen LogP contribution in [0, 0.1) is 0 Å². The first-order chi connectivity index (χ1) is 11.8. The number of hydrogen-bond donors (Lipinski definition) is 2. The molecular formula is C20H33N3O. The Hall–Kier alpha value is -1.39. The van der Waals surface area contributed by atoms with Gasteiger partial charge >= 0.3 is 0 Å². The number of amides is 1. The van der Waals surface area contributed by atoms with E-state index in [0.717, 1.165) is 51.9 Å². The number of unbranched alkanes of at least 4 members (excludes halogenated alkanes) is 3. The van der Waals surface area contributed by atoms with Crippen LogP contribution in [-0.4, -0.2) is 36.5 Å². The van der Waals surface area contributed by atoms with Crippen molar-refractivity contribution in [2.75, 3.05) is 19.6 Å². The molecule has 0 radical (unpaired) electrons. The average Bonchev–Trinajstić information content (AvgIpc) is 2.62. The second-order valence-electron chi connectivity index (χ2n) is 6.86. The summed E-state index contributed by atoms with van der Waals surface area (Å²) >= 11 is 0. The first-order valence-electron chi connectivity index (χ1n) is 9.54. The van der Waals surface area contributed by atoms with Crippen LogP contribution < -0.4 is 11.1 Å². The molecular weight excluding hydrogens is 298 g/mol. The number of nitrogens with one attached hydrogen (secondary N) is 1. The van der Waals surface area contributed by atoms with Crippen molar-refractivity contribution in [3.05, 3.63) is 35.9 Å². The highest BCUT2D eigenvalue weighted by Gasteiger charge is 2.22. The predicted molar refractivity (Wildman–Crippen MR) is 99.6 cm³/mol. The largest absolute Gasteiger partial charge is 0.355 e. The molecule has 0 aromatic heterocycles. The number of likely N-dealkylation sites (tertiary alicyclic amines) is 1. The summed E-state index contributed by atoms with van der Waals surface area (Å²) in [5.74, 6) is 0.202. The van der Waals surface area contributed by atoms with Crippen molar-refractivity contribution >= 4 is 5.91 Å². The van der Waals surface area contributed by atoms with Crippen molar-refractivity contribution in [1.82, 2.24) is 10.2 Å². The third-order valence-electron chi connectivity index (χ3n) is 4.87. The average molecular weight is 332 g/mol. The second-order valence-corrected chi connectivity index (χ2v) is 6.86. The first-order valence-corrected chi connectivity index (χ1v) is 9.54. The number of nitrogens with zero attached hydrogens (tertiary/aromatic N) is 1. The van der Waals surface area contributed by atoms with E-state index in [1.165, 1.54) is 24.8 Å². The highest BCUT2D eigenvalue weighted by Crippen LogP contribution is 2.19. The lowest BCUT2D eigenvalue weighted by atomic mass is 10.0. The number of carbonyl (C=O) groups excluding carboxylic acids is 1. The molecule has 4 heteroatoms. The van der Waals surface area contributed by atoms with Gasteiger partial charge in [0.05, 0.1) is 0 Å². The molecule has 1 heterocycles. The minimum Gasteiger partial charge on any atom is -0.355 e. The number of carbonyl (C=O) groups is 1. The van der Waals surface area contributed by atoms with Crippen LogP contribution in [0.15, 0.2) is 30.3 Å². The van der Waals surface area contributed by atoms with Gasteiger partial charge in [-0.3, -0.25) is 9.69 Å². The highest BCUT2D eigenvalue weighted by molar-refractivity contribution is 5.75. The molecule has 1 unspecified atom stereocenters. The quantitative estimate of drug-likeness (QED) is 0.648. The minimum atomic E-state index is 0.202. The number of rotatable bonds is 10. The number of hydrogen-bond acceptors (Lipinski definition) is 3. The molecule has 3 N–H and O–H groups in total. The van der Waals surface area contributed by atoms with Gasteiger partial charge in [0.1, 0.15) is 0 Å². The molecule has 1 aliphatic heterocycles. The van der Waals surface area contributed by atoms with Gasteiger partial charge in [-0.15, -0.1) is 0 Å². The fraction of sp³-hybridized carbons (Fsp3) is 0.650. The fourth-order valence-corrected chi connectivity index (χ4v) is 3.42. The molecule has 24 heavy (non-hydrogen) atoms. The van der Waals surface area contributed by atoms with Crippen LogP contribution in [-0.2, 0) is 11.3 Å². The van der Waals surface area contributed by atoms with Crippen molar-refractivity contribution in [2.45, 2.75) is 64.0 Å². The minimum absolute atomic E-state index is 0.202. The zero-order valence-electron chi connectivity index (χ0n) is 14.9. The van der Waals surface area contributed by atoms with Gasteiger partial charge in [0.2, 0.25) is 5.91 Å². The Morgan fingerprint density at radius 1 is 1.12 bits per heavy atom. The fourth-order valence-electron chi connectivity index (χ4n) is 3.42. The summed E-state index contributed by atoms with van der Waals surface area (Å²) in [6, 6.07) is 11.1. The Morgan fingerprint density at radius 2 is 1.92 bits per heavy atom. The van der Waals surface area contributed by atoms with Crippen LogP contribution in [0.1, 0.15) is 56.9 Å². The van der Waals surface area contributed by atoms with E-state index < -0.39 is 0 Å². The van der Waals surface area contributed by atoms with Crippen LogP contribution in [0.4, 0.5) is 0 Å². The van der Waals surface area contributed by atoms with Crippen molar-refractivity contribution in [3.63, 3.8) is 0 Å². The molecule has 0 aliphatic carbocycles. The zero-order valence-corrected chi connectivity index (χ0v) is 14.9. The van der Waals surface area contributed by atoms with E-state index >= 15 is 0 Å². The van der Waals surface area contributed by atoms with Crippen molar-refractivity contribution in [1.29, 1.82) is 0 Å². The molecule has 1 aromatic rings. The van der Waals surface area contributed by atoms with Crippen LogP contribution in [0.3, 0.4) is 0 Å². The Morgan fingerprint density at radius 3 is 2.71 bits per heavy atom. The van der Waals surface area contributed by atoms with Gasteiger partial charge in [0.25, 0.3) is 0 Å². The van der Waals surface area contributed by atoms with E-state index in [9.17, 15) is 4.79 Å². The van der Waals surface area contributed by atoms with Gasteiger partial charge in [-0.25, -0.2) is 0 Å². The molecule has 1 aromatic carbocycles. The van der Waals surface area contributed by atoms with E-state index in [0.29, 0.717) is 12.5 Å². The first kappa shape index (κ1) is 18.9. The third kappa shape index (κ3) is 7.02. The molecule has 0 saturated carbocycles. The van der Waals surface area contributed by atoms with Gasteiger partial charge < -0.3 is 11.1 Å². The van der Waals surface area contributed by atoms with Crippen LogP contribution in [0.5, 0.6) is 0 Å². The topological polar surface area (TPSA) is 58.4 Å². The van der Waals surface area contributed by atoms with Crippen molar-refractivity contribution in [2.24, 2.45) is 5.73 Å². The SMILES string of the molecule is NCCCCCCC(=O)NCC1CCCCN1Cc1ccccc1. The summed E-state index contributed by atoms with van der Waals surface area (Å²) in [6.45, 7) is 3.66. The van der Waals surface area contributed by atoms with E-state index in [1.54, 1.807) is 0 Å². The maximum atomic E-state index is 12.0. The lowest BCUT2D eigenvalue weighted by molar-refractivity contribution is -0.121. The maximum Gasteiger partial charge on any atom is 0.220 e. The Bertz CT molecular complexity index is 463. The van der Waals surface area contributed by atoms with Gasteiger partial charge in [0, 0.05) is 25.6 Å². The lowest BCUT2D eigenvalue weighted by Crippen LogP contribution is -2.46. The highest BCUT2D eigenvalue weighted by atomic mass is 16.1. The van der Waals surface area contributed by atoms with Gasteiger partial charge in [-0.1, -0.05) is 49.6 Å². The molecule has 2 rings (SSSR count). The van der Waals surface area contributed by atoms with E-state index in [1.807, 2.05) is 0 Å². The number of piperidine rings is 1.